The van der Waals surface area contributed by atoms with E-state index < -0.39 is 11.9 Å². The van der Waals surface area contributed by atoms with Gasteiger partial charge in [0.2, 0.25) is 0 Å². The van der Waals surface area contributed by atoms with Crippen molar-refractivity contribution in [1.29, 1.82) is 0 Å². The molecule has 2 aliphatic rings. The third-order valence-corrected chi connectivity index (χ3v) is 6.20. The topological polar surface area (TPSA) is 52.6 Å². The monoisotopic (exact) mass is 426 g/mol. The smallest absolute Gasteiger partial charge is 0.335 e. The van der Waals surface area contributed by atoms with Gasteiger partial charge in [0.25, 0.3) is 0 Å². The molecule has 5 heteroatoms. The largest absolute Gasteiger partial charge is 0.422 e. The van der Waals surface area contributed by atoms with Crippen molar-refractivity contribution in [2.75, 3.05) is 0 Å². The zero-order chi connectivity index (χ0) is 19.3. The van der Waals surface area contributed by atoms with Crippen LogP contribution in [0.4, 0.5) is 0 Å². The van der Waals surface area contributed by atoms with Gasteiger partial charge < -0.3 is 9.47 Å². The second-order valence-electron chi connectivity index (χ2n) is 7.39. The molecule has 0 aliphatic heterocycles. The highest BCUT2D eigenvalue weighted by Gasteiger charge is 2.50. The molecule has 0 saturated heterocycles. The summed E-state index contributed by atoms with van der Waals surface area (Å²) in [5.74, 6) is 0.395. The van der Waals surface area contributed by atoms with Crippen LogP contribution in [0.15, 0.2) is 48.0 Å². The average molecular weight is 427 g/mol. The van der Waals surface area contributed by atoms with Gasteiger partial charge in [0, 0.05) is 38.5 Å². The van der Waals surface area contributed by atoms with Gasteiger partial charge in [-0.25, -0.2) is 9.59 Å². The van der Waals surface area contributed by atoms with Crippen molar-refractivity contribution in [1.82, 2.24) is 0 Å². The van der Waals surface area contributed by atoms with Crippen molar-refractivity contribution in [3.8, 4) is 11.5 Å². The van der Waals surface area contributed by atoms with Gasteiger partial charge in [0.05, 0.1) is 0 Å². The molecule has 138 valence electrons. The van der Waals surface area contributed by atoms with Gasteiger partial charge in [-0.1, -0.05) is 36.0 Å². The van der Waals surface area contributed by atoms with Crippen LogP contribution in [0.2, 0.25) is 0 Å². The van der Waals surface area contributed by atoms with Gasteiger partial charge in [0.15, 0.2) is 0 Å². The molecule has 2 aliphatic carbocycles. The molecule has 4 nitrogen and oxygen atoms in total. The number of carbonyl (C=O) groups excluding carboxylic acids is 2. The molecule has 2 aromatic carbocycles. The first-order valence-electron chi connectivity index (χ1n) is 8.86. The Bertz CT molecular complexity index is 1020. The third-order valence-electron chi connectivity index (χ3n) is 5.70. The van der Waals surface area contributed by atoms with Crippen LogP contribution in [0.1, 0.15) is 43.2 Å². The summed E-state index contributed by atoms with van der Waals surface area (Å²) in [5, 5.41) is 1.48. The Balaban J connectivity index is 2.10. The number of carbonyl (C=O) groups is 2. The molecule has 4 rings (SSSR count). The first kappa shape index (κ1) is 18.0. The number of rotatable bonds is 4. The molecule has 2 bridgehead atoms. The lowest BCUT2D eigenvalue weighted by atomic mass is 9.78. The van der Waals surface area contributed by atoms with E-state index in [0.29, 0.717) is 11.5 Å². The lowest BCUT2D eigenvalue weighted by molar-refractivity contribution is -0.130. The average Bonchev–Trinajstić information content (AvgIpc) is 3.17. The van der Waals surface area contributed by atoms with Gasteiger partial charge in [0.1, 0.15) is 11.5 Å². The Morgan fingerprint density at radius 3 is 2.48 bits per heavy atom. The molecule has 2 atom stereocenters. The number of fused-ring (bicyclic) bond motifs is 6. The molecule has 0 spiro atoms. The first-order valence-corrected chi connectivity index (χ1v) is 9.65. The number of benzene rings is 2. The fourth-order valence-corrected chi connectivity index (χ4v) is 4.98. The highest BCUT2D eigenvalue weighted by molar-refractivity contribution is 9.10. The van der Waals surface area contributed by atoms with Crippen molar-refractivity contribution in [2.24, 2.45) is 0 Å². The first-order chi connectivity index (χ1) is 12.9. The standard InChI is InChI=1S/C22H19BrO4/c1-4-16(24)26-20-15-10-13(23)6-7-14(15)21(27-17(25)5-2)19-18(20)12-8-9-22(19,3)11-12/h4-7,10,12H,1-2,8-9,11H2,3H3. The molecule has 0 amide bonds. The number of halogens is 1. The Hall–Kier alpha value is -2.40. The predicted octanol–water partition coefficient (Wildman–Crippen LogP) is 5.32. The summed E-state index contributed by atoms with van der Waals surface area (Å²) in [7, 11) is 0. The van der Waals surface area contributed by atoms with Crippen LogP contribution in [0, 0.1) is 0 Å². The molecule has 0 radical (unpaired) electrons. The molecule has 1 fully saturated rings. The van der Waals surface area contributed by atoms with E-state index in [1.165, 1.54) is 0 Å². The highest BCUT2D eigenvalue weighted by Crippen LogP contribution is 2.64. The maximum absolute atomic E-state index is 12.1. The predicted molar refractivity (Wildman–Crippen MR) is 107 cm³/mol. The van der Waals surface area contributed by atoms with Crippen molar-refractivity contribution in [3.05, 3.63) is 59.1 Å². The van der Waals surface area contributed by atoms with Gasteiger partial charge in [-0.3, -0.25) is 0 Å². The summed E-state index contributed by atoms with van der Waals surface area (Å²) >= 11 is 3.49. The second kappa shape index (κ2) is 6.34. The Kier molecular flexibility index (Phi) is 4.22. The van der Waals surface area contributed by atoms with Crippen LogP contribution in [0.3, 0.4) is 0 Å². The Morgan fingerprint density at radius 2 is 1.81 bits per heavy atom. The zero-order valence-electron chi connectivity index (χ0n) is 15.0. The Morgan fingerprint density at radius 1 is 1.15 bits per heavy atom. The van der Waals surface area contributed by atoms with Gasteiger partial charge in [-0.2, -0.15) is 0 Å². The van der Waals surface area contributed by atoms with Crippen LogP contribution in [0.5, 0.6) is 11.5 Å². The van der Waals surface area contributed by atoms with Crippen LogP contribution < -0.4 is 9.47 Å². The molecule has 0 N–H and O–H groups in total. The molecular formula is C22H19BrO4. The van der Waals surface area contributed by atoms with Gasteiger partial charge in [-0.15, -0.1) is 0 Å². The van der Waals surface area contributed by atoms with Crippen molar-refractivity contribution in [3.63, 3.8) is 0 Å². The third kappa shape index (κ3) is 2.72. The molecule has 0 aromatic heterocycles. The zero-order valence-corrected chi connectivity index (χ0v) is 16.6. The van der Waals surface area contributed by atoms with Crippen molar-refractivity contribution >= 4 is 38.6 Å². The quantitative estimate of drug-likeness (QED) is 0.376. The molecular weight excluding hydrogens is 408 g/mol. The van der Waals surface area contributed by atoms with E-state index >= 15 is 0 Å². The lowest BCUT2D eigenvalue weighted by Crippen LogP contribution is -2.20. The molecule has 1 saturated carbocycles. The molecule has 2 aromatic rings. The fourth-order valence-electron chi connectivity index (χ4n) is 4.62. The molecule has 2 unspecified atom stereocenters. The van der Waals surface area contributed by atoms with E-state index in [0.717, 1.165) is 57.8 Å². The number of hydrogen-bond acceptors (Lipinski definition) is 4. The SMILES string of the molecule is C=CC(=O)Oc1c2c(c(OC(=O)C=C)c3ccc(Br)cc13)C1(C)CCC2C1. The normalized spacial score (nSPS) is 22.4. The van der Waals surface area contributed by atoms with Crippen LogP contribution in [-0.4, -0.2) is 11.9 Å². The van der Waals surface area contributed by atoms with E-state index in [1.807, 2.05) is 18.2 Å². The minimum Gasteiger partial charge on any atom is -0.422 e. The number of ether oxygens (including phenoxy) is 2. The minimum atomic E-state index is -0.498. The summed E-state index contributed by atoms with van der Waals surface area (Å²) < 4.78 is 12.3. The van der Waals surface area contributed by atoms with E-state index in [9.17, 15) is 9.59 Å². The molecule has 27 heavy (non-hydrogen) atoms. The Labute approximate surface area is 166 Å². The molecule has 0 heterocycles. The van der Waals surface area contributed by atoms with Crippen LogP contribution in [-0.2, 0) is 15.0 Å². The maximum Gasteiger partial charge on any atom is 0.335 e. The van der Waals surface area contributed by atoms with E-state index in [1.54, 1.807) is 0 Å². The highest BCUT2D eigenvalue weighted by atomic mass is 79.9. The minimum absolute atomic E-state index is 0.104. The van der Waals surface area contributed by atoms with E-state index in [2.05, 4.69) is 36.0 Å². The van der Waals surface area contributed by atoms with Crippen LogP contribution >= 0.6 is 15.9 Å². The summed E-state index contributed by atoms with van der Waals surface area (Å²) in [4.78, 5) is 24.1. The second-order valence-corrected chi connectivity index (χ2v) is 8.30. The summed E-state index contributed by atoms with van der Waals surface area (Å²) in [6.07, 6.45) is 5.32. The lowest BCUT2D eigenvalue weighted by Gasteiger charge is -2.29. The number of esters is 2. The van der Waals surface area contributed by atoms with E-state index in [4.69, 9.17) is 9.47 Å². The van der Waals surface area contributed by atoms with E-state index in [-0.39, 0.29) is 11.3 Å². The van der Waals surface area contributed by atoms with Gasteiger partial charge in [-0.05, 0) is 48.8 Å². The van der Waals surface area contributed by atoms with Crippen molar-refractivity contribution in [2.45, 2.75) is 37.5 Å². The fraction of sp³-hybridized carbons (Fsp3) is 0.273. The maximum atomic E-state index is 12.1. The summed E-state index contributed by atoms with van der Waals surface area (Å²) in [5.41, 5.74) is 1.86. The summed E-state index contributed by atoms with van der Waals surface area (Å²) in [6.45, 7) is 9.22. The summed E-state index contributed by atoms with van der Waals surface area (Å²) in [6, 6.07) is 5.65. The number of hydrogen-bond donors (Lipinski definition) is 0. The van der Waals surface area contributed by atoms with Crippen molar-refractivity contribution < 1.29 is 19.1 Å². The van der Waals surface area contributed by atoms with Crippen LogP contribution in [0.25, 0.3) is 10.8 Å². The van der Waals surface area contributed by atoms with Gasteiger partial charge >= 0.3 is 11.9 Å².